The molecule has 1 heterocycles. The molecule has 3 nitrogen and oxygen atoms in total. The molecule has 18 heavy (non-hydrogen) atoms. The number of halogens is 1. The van der Waals surface area contributed by atoms with Crippen molar-refractivity contribution in [2.45, 2.75) is 24.6 Å². The molecule has 1 fully saturated rings. The standard InChI is InChI=1S/C13H12ClNO2S/c14-9-3-1-2-6(9)7-4-5-8-10(11(7)18)13(17)15-12(8)16/h4-7,9H,1-3H2,(H,15,16,17). The first-order valence-electron chi connectivity index (χ1n) is 6.06. The fraction of sp³-hybridized carbons (Fsp3) is 0.462. The summed E-state index contributed by atoms with van der Waals surface area (Å²) in [6.07, 6.45) is 6.78. The molecule has 0 bridgehead atoms. The first-order chi connectivity index (χ1) is 8.59. The predicted octanol–water partition coefficient (Wildman–Crippen LogP) is 1.90. The fourth-order valence-electron chi connectivity index (χ4n) is 3.01. The molecule has 2 amide bonds. The molecule has 3 aliphatic rings. The van der Waals surface area contributed by atoms with Crippen LogP contribution in [0.3, 0.4) is 0 Å². The molecule has 1 saturated carbocycles. The maximum absolute atomic E-state index is 11.7. The fourth-order valence-corrected chi connectivity index (χ4v) is 3.90. The van der Waals surface area contributed by atoms with E-state index in [-0.39, 0.29) is 29.0 Å². The molecule has 0 saturated heterocycles. The summed E-state index contributed by atoms with van der Waals surface area (Å²) in [5.41, 5.74) is 0.795. The Kier molecular flexibility index (Phi) is 2.87. The van der Waals surface area contributed by atoms with Gasteiger partial charge in [0.25, 0.3) is 11.8 Å². The van der Waals surface area contributed by atoms with Crippen LogP contribution >= 0.6 is 23.8 Å². The summed E-state index contributed by atoms with van der Waals surface area (Å²) in [7, 11) is 0. The van der Waals surface area contributed by atoms with Gasteiger partial charge < -0.3 is 0 Å². The predicted molar refractivity (Wildman–Crippen MR) is 72.4 cm³/mol. The lowest BCUT2D eigenvalue weighted by Gasteiger charge is -2.26. The minimum Gasteiger partial charge on any atom is -0.288 e. The van der Waals surface area contributed by atoms with Crippen LogP contribution in [0.25, 0.3) is 0 Å². The van der Waals surface area contributed by atoms with E-state index in [9.17, 15) is 9.59 Å². The maximum atomic E-state index is 11.7. The van der Waals surface area contributed by atoms with Gasteiger partial charge in [-0.3, -0.25) is 14.9 Å². The van der Waals surface area contributed by atoms with Gasteiger partial charge in [-0.25, -0.2) is 0 Å². The third-order valence-corrected chi connectivity index (χ3v) is 4.95. The molecule has 0 aromatic carbocycles. The molecule has 1 aliphatic heterocycles. The van der Waals surface area contributed by atoms with Crippen molar-refractivity contribution < 1.29 is 9.59 Å². The Bertz CT molecular complexity index is 523. The number of imide groups is 1. The Labute approximate surface area is 115 Å². The van der Waals surface area contributed by atoms with Crippen LogP contribution in [0.5, 0.6) is 0 Å². The summed E-state index contributed by atoms with van der Waals surface area (Å²) in [6.45, 7) is 0. The molecule has 3 atom stereocenters. The van der Waals surface area contributed by atoms with Crippen molar-refractivity contribution in [3.8, 4) is 0 Å². The van der Waals surface area contributed by atoms with Gasteiger partial charge in [0.2, 0.25) is 0 Å². The van der Waals surface area contributed by atoms with Crippen molar-refractivity contribution in [3.05, 3.63) is 23.3 Å². The first kappa shape index (κ1) is 12.1. The second kappa shape index (κ2) is 4.28. The number of hydrogen-bond acceptors (Lipinski definition) is 3. The molecule has 94 valence electrons. The van der Waals surface area contributed by atoms with Crippen LogP contribution in [-0.2, 0) is 9.59 Å². The Morgan fingerprint density at radius 2 is 2.06 bits per heavy atom. The minimum atomic E-state index is -0.363. The van der Waals surface area contributed by atoms with Crippen LogP contribution in [0, 0.1) is 11.8 Å². The van der Waals surface area contributed by atoms with Crippen molar-refractivity contribution in [3.63, 3.8) is 0 Å². The van der Waals surface area contributed by atoms with Crippen LogP contribution in [0.2, 0.25) is 0 Å². The highest BCUT2D eigenvalue weighted by Crippen LogP contribution is 2.40. The number of rotatable bonds is 1. The number of thiocarbonyl (C=S) groups is 1. The summed E-state index contributed by atoms with van der Waals surface area (Å²) in [5, 5.41) is 2.40. The summed E-state index contributed by atoms with van der Waals surface area (Å²) < 4.78 is 0. The molecule has 3 unspecified atom stereocenters. The third-order valence-electron chi connectivity index (χ3n) is 3.93. The lowest BCUT2D eigenvalue weighted by atomic mass is 9.80. The average molecular weight is 282 g/mol. The Morgan fingerprint density at radius 3 is 2.72 bits per heavy atom. The van der Waals surface area contributed by atoms with E-state index >= 15 is 0 Å². The zero-order valence-electron chi connectivity index (χ0n) is 9.61. The minimum absolute atomic E-state index is 0.0143. The van der Waals surface area contributed by atoms with E-state index in [1.165, 1.54) is 0 Å². The van der Waals surface area contributed by atoms with E-state index in [1.54, 1.807) is 6.08 Å². The molecule has 0 spiro atoms. The highest BCUT2D eigenvalue weighted by Gasteiger charge is 2.41. The second-order valence-electron chi connectivity index (χ2n) is 4.93. The van der Waals surface area contributed by atoms with Crippen molar-refractivity contribution in [1.82, 2.24) is 5.32 Å². The van der Waals surface area contributed by atoms with Gasteiger partial charge in [0, 0.05) is 16.2 Å². The topological polar surface area (TPSA) is 46.2 Å². The highest BCUT2D eigenvalue weighted by atomic mass is 35.5. The number of alkyl halides is 1. The zero-order valence-corrected chi connectivity index (χ0v) is 11.2. The number of nitrogens with one attached hydrogen (secondary N) is 1. The average Bonchev–Trinajstić information content (AvgIpc) is 2.85. The zero-order chi connectivity index (χ0) is 12.9. The Hall–Kier alpha value is -1.000. The first-order valence-corrected chi connectivity index (χ1v) is 6.90. The Balaban J connectivity index is 1.94. The van der Waals surface area contributed by atoms with E-state index in [4.69, 9.17) is 23.8 Å². The quantitative estimate of drug-likeness (QED) is 0.454. The molecule has 0 radical (unpaired) electrons. The van der Waals surface area contributed by atoms with Crippen molar-refractivity contribution in [2.75, 3.05) is 0 Å². The van der Waals surface area contributed by atoms with Gasteiger partial charge in [-0.2, -0.15) is 0 Å². The van der Waals surface area contributed by atoms with Crippen molar-refractivity contribution >= 4 is 40.5 Å². The second-order valence-corrected chi connectivity index (χ2v) is 5.93. The van der Waals surface area contributed by atoms with Crippen LogP contribution in [0.15, 0.2) is 23.3 Å². The van der Waals surface area contributed by atoms with Gasteiger partial charge >= 0.3 is 0 Å². The van der Waals surface area contributed by atoms with Crippen molar-refractivity contribution in [2.24, 2.45) is 11.8 Å². The van der Waals surface area contributed by atoms with Crippen molar-refractivity contribution in [1.29, 1.82) is 0 Å². The third kappa shape index (κ3) is 1.67. The van der Waals surface area contributed by atoms with Gasteiger partial charge in [0.1, 0.15) is 0 Å². The van der Waals surface area contributed by atoms with E-state index in [1.807, 2.05) is 6.08 Å². The molecular weight excluding hydrogens is 270 g/mol. The molecule has 1 N–H and O–H groups in total. The number of allylic oxidation sites excluding steroid dienone is 1. The van der Waals surface area contributed by atoms with E-state index in [0.717, 1.165) is 19.3 Å². The Morgan fingerprint density at radius 1 is 1.28 bits per heavy atom. The SMILES string of the molecule is O=C1NC(=O)C2=C1C=CC(C1CCCC1Cl)C2=S. The van der Waals surface area contributed by atoms with Gasteiger partial charge in [-0.1, -0.05) is 30.8 Å². The van der Waals surface area contributed by atoms with Crippen LogP contribution in [0.1, 0.15) is 19.3 Å². The molecular formula is C13H12ClNO2S. The largest absolute Gasteiger partial charge is 0.288 e. The van der Waals surface area contributed by atoms with Gasteiger partial charge in [-0.05, 0) is 18.8 Å². The van der Waals surface area contributed by atoms with E-state index in [0.29, 0.717) is 16.0 Å². The lowest BCUT2D eigenvalue weighted by Crippen LogP contribution is -2.30. The molecule has 0 aromatic heterocycles. The van der Waals surface area contributed by atoms with Crippen LogP contribution < -0.4 is 5.32 Å². The molecule has 3 rings (SSSR count). The summed E-state index contributed by atoms with van der Waals surface area (Å²) in [5.74, 6) is -0.410. The molecule has 2 aliphatic carbocycles. The van der Waals surface area contributed by atoms with Crippen LogP contribution in [-0.4, -0.2) is 22.1 Å². The lowest BCUT2D eigenvalue weighted by molar-refractivity contribution is -0.123. The highest BCUT2D eigenvalue weighted by molar-refractivity contribution is 7.81. The smallest absolute Gasteiger partial charge is 0.260 e. The van der Waals surface area contributed by atoms with E-state index in [2.05, 4.69) is 5.32 Å². The number of amides is 2. The van der Waals surface area contributed by atoms with Gasteiger partial charge in [0.05, 0.1) is 11.1 Å². The van der Waals surface area contributed by atoms with Gasteiger partial charge in [0.15, 0.2) is 0 Å². The number of hydrogen-bond donors (Lipinski definition) is 1. The monoisotopic (exact) mass is 281 g/mol. The summed E-state index contributed by atoms with van der Waals surface area (Å²) >= 11 is 11.7. The number of carbonyl (C=O) groups is 2. The normalized spacial score (nSPS) is 35.2. The van der Waals surface area contributed by atoms with Gasteiger partial charge in [-0.15, -0.1) is 11.6 Å². The molecule has 0 aromatic rings. The number of carbonyl (C=O) groups excluding carboxylic acids is 2. The summed E-state index contributed by atoms with van der Waals surface area (Å²) in [6, 6.07) is 0. The van der Waals surface area contributed by atoms with Crippen LogP contribution in [0.4, 0.5) is 0 Å². The van der Waals surface area contributed by atoms with E-state index < -0.39 is 0 Å². The maximum Gasteiger partial charge on any atom is 0.260 e. The molecule has 5 heteroatoms. The summed E-state index contributed by atoms with van der Waals surface area (Å²) in [4.78, 5) is 23.8.